The zero-order chi connectivity index (χ0) is 61.1. The summed E-state index contributed by atoms with van der Waals surface area (Å²) in [6.45, 7) is 6.21. The van der Waals surface area contributed by atoms with Crippen molar-refractivity contribution in [1.29, 1.82) is 0 Å². The summed E-state index contributed by atoms with van der Waals surface area (Å²) >= 11 is 18.0. The van der Waals surface area contributed by atoms with Crippen molar-refractivity contribution in [2.75, 3.05) is 19.8 Å². The summed E-state index contributed by atoms with van der Waals surface area (Å²) in [5.74, 6) is -4.59. The van der Waals surface area contributed by atoms with Gasteiger partial charge in [-0.25, -0.2) is 39.5 Å². The average Bonchev–Trinajstić information content (AvgIpc) is 0.803. The van der Waals surface area contributed by atoms with E-state index in [9.17, 15) is 48.6 Å². The molecule has 3 fully saturated rings. The molecule has 0 aromatic heterocycles. The van der Waals surface area contributed by atoms with Crippen LogP contribution < -0.4 is 24.7 Å². The van der Waals surface area contributed by atoms with E-state index in [2.05, 4.69) is 6.92 Å². The molecule has 4 N–H and O–H groups in total. The van der Waals surface area contributed by atoms with Gasteiger partial charge in [-0.3, -0.25) is 0 Å². The average molecular weight is 1270 g/mol. The number of hydrogen-bond acceptors (Lipinski definition) is 7. The number of aliphatic hydroxyl groups is 1. The van der Waals surface area contributed by atoms with Gasteiger partial charge in [-0.15, -0.1) is 0 Å². The highest BCUT2D eigenvalue weighted by Gasteiger charge is 2.58. The molecule has 3 heterocycles. The van der Waals surface area contributed by atoms with E-state index in [0.717, 1.165) is 47.4 Å². The van der Waals surface area contributed by atoms with Crippen LogP contribution in [0.15, 0.2) is 109 Å². The Morgan fingerprint density at radius 1 is 0.506 bits per heavy atom. The van der Waals surface area contributed by atoms with Gasteiger partial charge in [0, 0.05) is 77.8 Å². The van der Waals surface area contributed by atoms with E-state index in [0.29, 0.717) is 64.9 Å². The van der Waals surface area contributed by atoms with Gasteiger partial charge in [0.2, 0.25) is 0 Å². The summed E-state index contributed by atoms with van der Waals surface area (Å²) in [6.07, 6.45) is 3.74. The Morgan fingerprint density at radius 2 is 0.824 bits per heavy atom. The molecule has 6 aromatic carbocycles. The molecule has 0 saturated heterocycles. The van der Waals surface area contributed by atoms with Crippen LogP contribution in [-0.4, -0.2) is 57.0 Å². The zero-order valence-corrected chi connectivity index (χ0v) is 49.7. The number of ether oxygens (including phenoxy) is 3. The van der Waals surface area contributed by atoms with Gasteiger partial charge in [-0.2, -0.15) is 13.2 Å². The smallest absolute Gasteiger partial charge is 0.490 e. The second-order valence-corrected chi connectivity index (χ2v) is 26.9. The minimum Gasteiger partial charge on any atom is -0.490 e. The largest absolute Gasteiger partial charge is 0.511 e. The van der Waals surface area contributed by atoms with Crippen LogP contribution in [0.2, 0.25) is 15.1 Å². The molecule has 3 aliphatic heterocycles. The number of hydrogen-bond donors (Lipinski definition) is 3. The Labute approximate surface area is 503 Å². The maximum Gasteiger partial charge on any atom is 0.511 e. The lowest BCUT2D eigenvalue weighted by Crippen LogP contribution is -2.58. The van der Waals surface area contributed by atoms with E-state index in [4.69, 9.17) is 54.7 Å². The lowest BCUT2D eigenvalue weighted by atomic mass is 9.55. The van der Waals surface area contributed by atoms with Crippen LogP contribution in [0.3, 0.4) is 0 Å². The van der Waals surface area contributed by atoms with E-state index < -0.39 is 90.7 Å². The predicted octanol–water partition coefficient (Wildman–Crippen LogP) is 15.1. The zero-order valence-electron chi connectivity index (χ0n) is 46.6. The molecule has 3 saturated carbocycles. The molecule has 8 nitrogen and oxygen atoms in total. The highest BCUT2D eigenvalue weighted by atomic mass is 35.5. The Bertz CT molecular complexity index is 3390. The van der Waals surface area contributed by atoms with E-state index in [-0.39, 0.29) is 85.0 Å². The predicted molar refractivity (Wildman–Crippen MR) is 308 cm³/mol. The number of aliphatic hydroxyl groups excluding tert-OH is 1. The fourth-order valence-electron chi connectivity index (χ4n) is 15.0. The number of fused-ring (bicyclic) bond motifs is 9. The first kappa shape index (κ1) is 62.8. The van der Waals surface area contributed by atoms with Crippen molar-refractivity contribution in [3.8, 4) is 17.2 Å². The molecule has 3 aliphatic carbocycles. The maximum atomic E-state index is 15.2. The van der Waals surface area contributed by atoms with Crippen LogP contribution >= 0.6 is 34.8 Å². The molecular weight excluding hydrogens is 1200 g/mol. The molecule has 12 rings (SSSR count). The van der Waals surface area contributed by atoms with E-state index in [1.807, 2.05) is 55.5 Å². The molecule has 0 amide bonds. The van der Waals surface area contributed by atoms with Gasteiger partial charge in [-0.1, -0.05) is 92.0 Å². The van der Waals surface area contributed by atoms with E-state index in [1.165, 1.54) is 12.1 Å². The van der Waals surface area contributed by atoms with Crippen molar-refractivity contribution in [2.24, 2.45) is 41.2 Å². The maximum absolute atomic E-state index is 15.2. The second-order valence-electron chi connectivity index (χ2n) is 23.9. The minimum atomic E-state index is -5.57. The summed E-state index contributed by atoms with van der Waals surface area (Å²) in [5, 5.41) is 12.2. The van der Waals surface area contributed by atoms with Crippen LogP contribution in [-0.2, 0) is 45.5 Å². The summed E-state index contributed by atoms with van der Waals surface area (Å²) in [5.41, 5.74) is 2.31. The quantitative estimate of drug-likeness (QED) is 0.130. The molecular formula is C64H64Cl3F9N2O6S. The standard InChI is InChI=1S/C22H21ClF5NO3S.C21H22ClF2NO.C21H21ClF2O2/c1-12-15-11-32-20-17(25)7-6-16(24)19(20)21(15,10-13-2-4-14(23)5-3-13)9-8-18(12)29-33(30,31)22(26,27)28;2*1-12-15-11-26-20-17(24)7-6-16(23)19(20)21(15,9-8-18(12)25)10-13-2-4-14(22)5-3-13/h2-7,12,15,18,29H,8-11H2,1H3;2-7,12,15,18H,8-11,25H2,1H3;2-7,12,15,18,25H,8-11H2,1H3/t2*12-,15-,18+,21-;12-,15-,18-,21-/m000/s1. The number of benzene rings is 6. The number of halogens is 12. The summed E-state index contributed by atoms with van der Waals surface area (Å²) in [4.78, 5) is 0. The van der Waals surface area contributed by atoms with Crippen molar-refractivity contribution in [3.63, 3.8) is 0 Å². The molecule has 21 heteroatoms. The highest BCUT2D eigenvalue weighted by molar-refractivity contribution is 7.90. The van der Waals surface area contributed by atoms with Crippen molar-refractivity contribution in [3.05, 3.63) is 193 Å². The van der Waals surface area contributed by atoms with Gasteiger partial charge >= 0.3 is 15.5 Å². The number of alkyl halides is 3. The third kappa shape index (κ3) is 11.9. The molecule has 0 radical (unpaired) electrons. The fraction of sp³-hybridized carbons (Fsp3) is 0.438. The molecule has 0 bridgehead atoms. The molecule has 6 aliphatic rings. The van der Waals surface area contributed by atoms with Crippen LogP contribution in [0.1, 0.15) is 92.7 Å². The Morgan fingerprint density at radius 3 is 1.19 bits per heavy atom. The topological polar surface area (TPSA) is 120 Å². The van der Waals surface area contributed by atoms with Crippen molar-refractivity contribution >= 4 is 44.8 Å². The SMILES string of the molecule is C[C@@H]1[C@@H](O)CC[C@@]2(Cc3ccc(Cl)cc3)c3c(F)ccc(F)c3OC[C@@H]12.C[C@@H]1[C@H](N)CC[C@@]2(Cc3ccc(Cl)cc3)c3c(F)ccc(F)c3OC[C@@H]12.C[C@@H]1[C@H](NS(=O)(=O)C(F)(F)F)CC[C@@]2(Cc3ccc(Cl)cc3)c3c(F)ccc(F)c3OC[C@@H]12. The van der Waals surface area contributed by atoms with Crippen molar-refractivity contribution in [1.82, 2.24) is 4.72 Å². The molecule has 85 heavy (non-hydrogen) atoms. The molecule has 6 aromatic rings. The monoisotopic (exact) mass is 1260 g/mol. The number of nitrogens with one attached hydrogen (secondary N) is 1. The lowest BCUT2D eigenvalue weighted by molar-refractivity contribution is -0.0462. The van der Waals surface area contributed by atoms with Crippen LogP contribution in [0.4, 0.5) is 39.5 Å². The third-order valence-corrected chi connectivity index (χ3v) is 21.4. The first-order valence-corrected chi connectivity index (χ1v) is 30.9. The summed E-state index contributed by atoms with van der Waals surface area (Å²) in [6, 6.07) is 27.5. The number of sulfonamides is 1. The minimum absolute atomic E-state index is 0.00988. The number of rotatable bonds is 8. The summed E-state index contributed by atoms with van der Waals surface area (Å²) in [7, 11) is -5.57. The molecule has 456 valence electrons. The Kier molecular flexibility index (Phi) is 18.0. The van der Waals surface area contributed by atoms with Gasteiger partial charge in [0.25, 0.3) is 0 Å². The van der Waals surface area contributed by atoms with Crippen LogP contribution in [0.25, 0.3) is 0 Å². The van der Waals surface area contributed by atoms with Gasteiger partial charge < -0.3 is 25.1 Å². The molecule has 0 spiro atoms. The van der Waals surface area contributed by atoms with Gasteiger partial charge in [0.05, 0.1) is 25.9 Å². The van der Waals surface area contributed by atoms with Gasteiger partial charge in [0.15, 0.2) is 34.7 Å². The van der Waals surface area contributed by atoms with Gasteiger partial charge in [-0.05, 0) is 165 Å². The first-order valence-electron chi connectivity index (χ1n) is 28.3. The van der Waals surface area contributed by atoms with Crippen molar-refractivity contribution < 1.29 is 67.2 Å². The highest BCUT2D eigenvalue weighted by Crippen LogP contribution is 2.58. The Balaban J connectivity index is 0.000000143. The lowest BCUT2D eigenvalue weighted by Gasteiger charge is -2.53. The van der Waals surface area contributed by atoms with Gasteiger partial charge in [0.1, 0.15) is 17.5 Å². The van der Waals surface area contributed by atoms with Crippen LogP contribution in [0.5, 0.6) is 17.2 Å². The van der Waals surface area contributed by atoms with E-state index in [1.54, 1.807) is 35.9 Å². The second kappa shape index (κ2) is 24.4. The van der Waals surface area contributed by atoms with Crippen LogP contribution in [0, 0.1) is 70.4 Å². The Hall–Kier alpha value is -5.21. The third-order valence-electron chi connectivity index (χ3n) is 19.5. The molecule has 0 unspecified atom stereocenters. The molecule has 12 atom stereocenters. The van der Waals surface area contributed by atoms with Crippen molar-refractivity contribution in [2.45, 2.75) is 118 Å². The number of nitrogens with two attached hydrogens (primary N) is 1. The normalized spacial score (nSPS) is 29.2. The van der Waals surface area contributed by atoms with E-state index >= 15 is 4.39 Å². The summed E-state index contributed by atoms with van der Waals surface area (Å²) < 4.78 is 169. The first-order chi connectivity index (χ1) is 40.2. The fourth-order valence-corrected chi connectivity index (χ4v) is 16.2.